The quantitative estimate of drug-likeness (QED) is 0.0457. The molecule has 348 valence electrons. The van der Waals surface area contributed by atoms with Crippen molar-refractivity contribution in [3.63, 3.8) is 0 Å². The Labute approximate surface area is 388 Å². The average molecular weight is 943 g/mol. The Hall–Kier alpha value is -2.18. The molecule has 4 unspecified atom stereocenters. The van der Waals surface area contributed by atoms with E-state index in [1.807, 2.05) is 0 Å². The summed E-state index contributed by atoms with van der Waals surface area (Å²) in [6.07, 6.45) is 12.9. The molecule has 2 N–H and O–H groups in total. The fraction of sp³-hybridized carbons (Fsp3) is 0.842. The normalized spacial score (nSPS) is 22.6. The van der Waals surface area contributed by atoms with Gasteiger partial charge < -0.3 is 47.7 Å². The summed E-state index contributed by atoms with van der Waals surface area (Å²) in [4.78, 5) is 71.4. The minimum Gasteiger partial charge on any atom is -0.747 e. The summed E-state index contributed by atoms with van der Waals surface area (Å²) in [6, 6.07) is 0. The molecule has 20 nitrogen and oxygen atoms in total. The van der Waals surface area contributed by atoms with Crippen molar-refractivity contribution in [1.82, 2.24) is 0 Å². The Bertz CT molecular complexity index is 1470. The number of hydrogen-bond acceptors (Lipinski definition) is 20. The zero-order valence-corrected chi connectivity index (χ0v) is 39.1. The van der Waals surface area contributed by atoms with Crippen LogP contribution in [0.4, 0.5) is 0 Å². The van der Waals surface area contributed by atoms with Gasteiger partial charge in [-0.3, -0.25) is 28.8 Å². The number of aliphatic hydroxyl groups excluding tert-OH is 2. The molecule has 0 saturated carbocycles. The van der Waals surface area contributed by atoms with Crippen molar-refractivity contribution < 1.29 is 93.3 Å². The molecule has 2 saturated heterocycles. The molecule has 0 spiro atoms. The van der Waals surface area contributed by atoms with E-state index in [4.69, 9.17) is 28.4 Å². The number of esters is 6. The second-order valence-corrected chi connectivity index (χ2v) is 18.4. The van der Waals surface area contributed by atoms with Crippen LogP contribution in [0.5, 0.6) is 0 Å². The summed E-state index contributed by atoms with van der Waals surface area (Å²) in [5.41, 5.74) is -2.88. The van der Waals surface area contributed by atoms with E-state index in [1.165, 1.54) is 25.7 Å². The fourth-order valence-electron chi connectivity index (χ4n) is 5.72. The van der Waals surface area contributed by atoms with Crippen LogP contribution in [-0.2, 0) is 77.4 Å². The number of cyclic esters (lactones) is 4. The molecule has 4 atom stereocenters. The van der Waals surface area contributed by atoms with Crippen LogP contribution < -0.4 is 0 Å². The minimum atomic E-state index is -5.13. The molecule has 0 aromatic carbocycles. The molecule has 2 aliphatic rings. The Morgan fingerprint density at radius 2 is 0.869 bits per heavy atom. The molecular weight excluding hydrogens is 881 g/mol. The van der Waals surface area contributed by atoms with Crippen LogP contribution in [0.25, 0.3) is 0 Å². The van der Waals surface area contributed by atoms with E-state index >= 15 is 0 Å². The van der Waals surface area contributed by atoms with E-state index in [0.29, 0.717) is 12.8 Å². The predicted molar refractivity (Wildman–Crippen MR) is 212 cm³/mol. The van der Waals surface area contributed by atoms with Crippen LogP contribution in [0.2, 0.25) is 0 Å². The van der Waals surface area contributed by atoms with Gasteiger partial charge in [-0.15, -0.1) is 0 Å². The molecule has 2 rings (SSSR count). The second kappa shape index (κ2) is 30.8. The van der Waals surface area contributed by atoms with E-state index in [2.05, 4.69) is 13.8 Å². The van der Waals surface area contributed by atoms with Gasteiger partial charge in [0.1, 0.15) is 59.9 Å². The summed E-state index contributed by atoms with van der Waals surface area (Å²) in [6.45, 7) is 0.0802. The molecule has 0 bridgehead atoms. The van der Waals surface area contributed by atoms with Crippen molar-refractivity contribution in [2.45, 2.75) is 140 Å². The molecule has 2 fully saturated rings. The van der Waals surface area contributed by atoms with Crippen LogP contribution in [0.1, 0.15) is 129 Å². The predicted octanol–water partition coefficient (Wildman–Crippen LogP) is 1.73. The topological polar surface area (TPSA) is 313 Å². The summed E-state index contributed by atoms with van der Waals surface area (Å²) in [5.74, 6) is -6.04. The molecule has 0 aromatic rings. The van der Waals surface area contributed by atoms with E-state index < -0.39 is 143 Å². The van der Waals surface area contributed by atoms with Crippen molar-refractivity contribution in [2.75, 3.05) is 52.9 Å². The van der Waals surface area contributed by atoms with Gasteiger partial charge in [0.25, 0.3) is 0 Å². The van der Waals surface area contributed by atoms with Crippen LogP contribution in [0.3, 0.4) is 0 Å². The number of carbonyl (C=O) groups is 6. The van der Waals surface area contributed by atoms with Crippen molar-refractivity contribution >= 4 is 93.8 Å². The first-order valence-corrected chi connectivity index (χ1v) is 23.3. The van der Waals surface area contributed by atoms with Gasteiger partial charge in [-0.25, -0.2) is 16.8 Å². The van der Waals surface area contributed by atoms with Crippen LogP contribution in [0, 0.1) is 10.8 Å². The first-order valence-electron chi connectivity index (χ1n) is 20.3. The zero-order chi connectivity index (χ0) is 45.2. The Morgan fingerprint density at radius 1 is 0.574 bits per heavy atom. The van der Waals surface area contributed by atoms with Crippen LogP contribution in [0.15, 0.2) is 0 Å². The number of carbonyl (C=O) groups excluding carboxylic acids is 6. The van der Waals surface area contributed by atoms with E-state index in [-0.39, 0.29) is 50.6 Å². The fourth-order valence-corrected chi connectivity index (χ4v) is 7.00. The van der Waals surface area contributed by atoms with Gasteiger partial charge in [0.15, 0.2) is 10.5 Å². The monoisotopic (exact) mass is 942 g/mol. The molecule has 2 heterocycles. The molecule has 0 radical (unpaired) electrons. The van der Waals surface area contributed by atoms with Gasteiger partial charge in [0, 0.05) is 12.8 Å². The number of unbranched alkanes of at least 4 members (excludes halogenated alkanes) is 12. The van der Waals surface area contributed by atoms with Gasteiger partial charge in [-0.1, -0.05) is 90.9 Å². The molecule has 0 amide bonds. The number of ether oxygens (including phenoxy) is 6. The smallest absolute Gasteiger partial charge is 0.747 e. The minimum absolute atomic E-state index is 0. The van der Waals surface area contributed by atoms with Gasteiger partial charge in [-0.2, -0.15) is 0 Å². The molecule has 23 heteroatoms. The van der Waals surface area contributed by atoms with Gasteiger partial charge in [0.05, 0.1) is 36.9 Å². The van der Waals surface area contributed by atoms with E-state index in [0.717, 1.165) is 51.4 Å². The first-order chi connectivity index (χ1) is 28.3. The van der Waals surface area contributed by atoms with Crippen LogP contribution >= 0.6 is 0 Å². The van der Waals surface area contributed by atoms with Crippen molar-refractivity contribution in [1.29, 1.82) is 0 Å². The Kier molecular flexibility index (Phi) is 29.7. The maximum atomic E-state index is 12.0. The molecule has 2 aliphatic heterocycles. The zero-order valence-electron chi connectivity index (χ0n) is 35.3. The molecular formula is C38H62CaO20S2. The second-order valence-electron chi connectivity index (χ2n) is 15.3. The van der Waals surface area contributed by atoms with E-state index in [9.17, 15) is 64.9 Å². The number of hydrogen-bond donors (Lipinski definition) is 2. The van der Waals surface area contributed by atoms with E-state index in [1.54, 1.807) is 0 Å². The standard InChI is InChI=1S/2C19H32O10S.Ca/c2*1-2-3-4-5-6-7-8-9-16(21)27-12-19(11-20)13-28-17(22)10-15(30(24,25)26)18(23)29-14-19;/h2*15,20H,2-14H2,1H3,(H,24,25,26);/q;;+2/p-2. The third-order valence-electron chi connectivity index (χ3n) is 9.77. The summed E-state index contributed by atoms with van der Waals surface area (Å²) in [5, 5.41) is 15.0. The number of aliphatic hydroxyl groups is 2. The molecule has 0 aliphatic carbocycles. The first kappa shape index (κ1) is 58.8. The third-order valence-corrected chi connectivity index (χ3v) is 11.9. The average Bonchev–Trinajstić information content (AvgIpc) is 3.30. The van der Waals surface area contributed by atoms with Crippen LogP contribution in [-0.4, -0.2) is 173 Å². The third kappa shape index (κ3) is 24.5. The molecule has 61 heavy (non-hydrogen) atoms. The maximum Gasteiger partial charge on any atom is 2.00 e. The van der Waals surface area contributed by atoms with Crippen molar-refractivity contribution in [2.24, 2.45) is 10.8 Å². The number of rotatable bonds is 24. The van der Waals surface area contributed by atoms with Gasteiger partial charge in [-0.05, 0) is 12.8 Å². The Balaban J connectivity index is 0.00000116. The van der Waals surface area contributed by atoms with Gasteiger partial charge in [0.2, 0.25) is 0 Å². The summed E-state index contributed by atoms with van der Waals surface area (Å²) in [7, 11) is -10.3. The van der Waals surface area contributed by atoms with Crippen molar-refractivity contribution in [3.8, 4) is 0 Å². The summed E-state index contributed by atoms with van der Waals surface area (Å²) >= 11 is 0. The SMILES string of the molecule is CCCCCCCCCC(=O)OCC1(CO)COC(=O)CC(S(=O)(=O)[O-])C(=O)OC1.CCCCCCCCCC(=O)OCC1(CO)COC(=O)CC(S(=O)(=O)[O-])C(=O)OC1.[Ca+2]. The largest absolute Gasteiger partial charge is 2.00 e. The van der Waals surface area contributed by atoms with Gasteiger partial charge >= 0.3 is 73.6 Å². The Morgan fingerprint density at radius 3 is 1.16 bits per heavy atom. The van der Waals surface area contributed by atoms with Crippen molar-refractivity contribution in [3.05, 3.63) is 0 Å². The molecule has 0 aromatic heterocycles. The summed E-state index contributed by atoms with van der Waals surface area (Å²) < 4.78 is 96.9. The maximum absolute atomic E-state index is 12.0.